The minimum atomic E-state index is -0.255. The highest BCUT2D eigenvalue weighted by atomic mass is 35.5. The van der Waals surface area contributed by atoms with Gasteiger partial charge >= 0.3 is 0 Å². The molecule has 1 saturated carbocycles. The van der Waals surface area contributed by atoms with Crippen LogP contribution in [0.5, 0.6) is 0 Å². The smallest absolute Gasteiger partial charge is 0.263 e. The van der Waals surface area contributed by atoms with Crippen molar-refractivity contribution in [1.82, 2.24) is 24.4 Å². The molecule has 4 aromatic rings. The number of alkyl halides is 1. The number of piperazine rings is 1. The van der Waals surface area contributed by atoms with E-state index in [4.69, 9.17) is 16.6 Å². The third-order valence-corrected chi connectivity index (χ3v) is 9.80. The molecule has 1 saturated heterocycles. The number of benzene rings is 1. The van der Waals surface area contributed by atoms with E-state index in [1.54, 1.807) is 17.7 Å². The van der Waals surface area contributed by atoms with Gasteiger partial charge in [-0.3, -0.25) is 19.1 Å². The zero-order chi connectivity index (χ0) is 31.0. The van der Waals surface area contributed by atoms with Gasteiger partial charge in [-0.15, -0.1) is 11.6 Å². The first-order valence-electron chi connectivity index (χ1n) is 15.5. The molecule has 2 aliphatic rings. The van der Waals surface area contributed by atoms with E-state index in [0.717, 1.165) is 68.5 Å². The van der Waals surface area contributed by atoms with Crippen molar-refractivity contribution >= 4 is 45.9 Å². The molecule has 9 nitrogen and oxygen atoms in total. The van der Waals surface area contributed by atoms with Crippen LogP contribution in [0.4, 0.5) is 17.5 Å². The van der Waals surface area contributed by atoms with Crippen molar-refractivity contribution in [2.45, 2.75) is 70.8 Å². The van der Waals surface area contributed by atoms with Gasteiger partial charge in [0.1, 0.15) is 11.5 Å². The molecule has 10 heteroatoms. The van der Waals surface area contributed by atoms with Crippen LogP contribution >= 0.6 is 11.6 Å². The molecule has 0 unspecified atom stereocenters. The van der Waals surface area contributed by atoms with Crippen LogP contribution in [-0.4, -0.2) is 56.4 Å². The number of carbonyl (C=O) groups is 1. The number of rotatable bonds is 8. The fourth-order valence-electron chi connectivity index (χ4n) is 6.78. The second kappa shape index (κ2) is 12.3. The van der Waals surface area contributed by atoms with Crippen LogP contribution in [0.15, 0.2) is 53.6 Å². The molecule has 0 radical (unpaired) electrons. The van der Waals surface area contributed by atoms with Gasteiger partial charge in [-0.1, -0.05) is 37.1 Å². The van der Waals surface area contributed by atoms with E-state index in [-0.39, 0.29) is 28.5 Å². The van der Waals surface area contributed by atoms with E-state index in [0.29, 0.717) is 28.9 Å². The fraction of sp³-hybridized carbons (Fsp3) is 0.441. The van der Waals surface area contributed by atoms with Crippen molar-refractivity contribution in [3.63, 3.8) is 0 Å². The van der Waals surface area contributed by atoms with Gasteiger partial charge in [0, 0.05) is 55.2 Å². The first kappa shape index (κ1) is 30.2. The summed E-state index contributed by atoms with van der Waals surface area (Å²) in [6.07, 6.45) is 7.51. The Bertz CT molecular complexity index is 1720. The van der Waals surface area contributed by atoms with Crippen molar-refractivity contribution in [1.29, 1.82) is 0 Å². The number of halogens is 1. The predicted molar refractivity (Wildman–Crippen MR) is 176 cm³/mol. The van der Waals surface area contributed by atoms with Gasteiger partial charge in [0.2, 0.25) is 5.95 Å². The quantitative estimate of drug-likeness (QED) is 0.181. The summed E-state index contributed by atoms with van der Waals surface area (Å²) in [7, 11) is 0. The number of Topliss-reactive ketones (excluding diaryl/α,β-unsaturated/α-hetero) is 1. The van der Waals surface area contributed by atoms with Crippen molar-refractivity contribution in [2.75, 3.05) is 36.4 Å². The van der Waals surface area contributed by atoms with Crippen LogP contribution < -0.4 is 15.8 Å². The van der Waals surface area contributed by atoms with Crippen LogP contribution in [0.1, 0.15) is 79.5 Å². The van der Waals surface area contributed by atoms with E-state index < -0.39 is 0 Å². The van der Waals surface area contributed by atoms with Gasteiger partial charge < -0.3 is 10.2 Å². The monoisotopic (exact) mass is 613 g/mol. The van der Waals surface area contributed by atoms with Crippen LogP contribution in [0.2, 0.25) is 0 Å². The zero-order valence-corrected chi connectivity index (χ0v) is 26.7. The lowest BCUT2D eigenvalue weighted by atomic mass is 9.91. The molecule has 1 aromatic carbocycles. The molecule has 1 aliphatic heterocycles. The molecule has 1 aliphatic carbocycles. The van der Waals surface area contributed by atoms with Crippen LogP contribution in [0.25, 0.3) is 11.0 Å². The van der Waals surface area contributed by atoms with Crippen molar-refractivity contribution in [3.8, 4) is 0 Å². The summed E-state index contributed by atoms with van der Waals surface area (Å²) in [5.41, 5.74) is 4.60. The summed E-state index contributed by atoms with van der Waals surface area (Å²) in [6, 6.07) is 12.7. The first-order chi connectivity index (χ1) is 21.2. The van der Waals surface area contributed by atoms with Crippen LogP contribution in [0.3, 0.4) is 0 Å². The number of nitrogens with zero attached hydrogens (tertiary/aromatic N) is 6. The van der Waals surface area contributed by atoms with E-state index >= 15 is 0 Å². The number of aryl methyl sites for hydroxylation is 1. The van der Waals surface area contributed by atoms with E-state index in [9.17, 15) is 9.59 Å². The third-order valence-electron chi connectivity index (χ3n) is 9.49. The summed E-state index contributed by atoms with van der Waals surface area (Å²) in [5.74, 6) is 1.30. The molecule has 0 atom stereocenters. The number of carbonyl (C=O) groups excluding carboxylic acids is 1. The number of anilines is 3. The SMILES string of the molecule is CC(=O)c1c(C)c2cnc(Nc3ccc(N4CCN(C(C)(C)c5ccc(CCl)cc5)CC4)cn3)nc2n(C2CCCC2)c1=O. The second-order valence-corrected chi connectivity index (χ2v) is 12.8. The Hall–Kier alpha value is -3.82. The van der Waals surface area contributed by atoms with Gasteiger partial charge in [-0.25, -0.2) is 9.97 Å². The summed E-state index contributed by atoms with van der Waals surface area (Å²) in [5, 5.41) is 3.95. The number of nitrogens with one attached hydrogen (secondary N) is 1. The summed E-state index contributed by atoms with van der Waals surface area (Å²) in [6.45, 7) is 11.5. The standard InChI is InChI=1S/C34H40ClN7O2/c1-22-28-21-37-33(39-31(28)42(26-7-5-6-8-26)32(44)30(22)23(2)43)38-29-14-13-27(20-36-29)40-15-17-41(18-16-40)34(3,4)25-11-9-24(19-35)10-12-25/h9-14,20-21,26H,5-8,15-19H2,1-4H3,(H,36,37,38,39). The normalized spacial score (nSPS) is 16.5. The topological polar surface area (TPSA) is 96.2 Å². The highest BCUT2D eigenvalue weighted by Crippen LogP contribution is 2.33. The minimum absolute atomic E-state index is 0.0336. The molecular formula is C34H40ClN7O2. The number of pyridine rings is 2. The molecule has 0 spiro atoms. The molecule has 230 valence electrons. The maximum atomic E-state index is 13.5. The summed E-state index contributed by atoms with van der Waals surface area (Å²) in [4.78, 5) is 44.8. The third kappa shape index (κ3) is 5.71. The maximum absolute atomic E-state index is 13.5. The number of aromatic nitrogens is 4. The van der Waals surface area contributed by atoms with Crippen molar-refractivity contribution in [2.24, 2.45) is 0 Å². The molecule has 4 heterocycles. The molecule has 0 bridgehead atoms. The highest BCUT2D eigenvalue weighted by Gasteiger charge is 2.32. The average Bonchev–Trinajstić information content (AvgIpc) is 3.56. The maximum Gasteiger partial charge on any atom is 0.263 e. The van der Waals surface area contributed by atoms with Gasteiger partial charge in [-0.05, 0) is 69.4 Å². The van der Waals surface area contributed by atoms with Gasteiger partial charge in [0.05, 0.1) is 17.4 Å². The predicted octanol–water partition coefficient (Wildman–Crippen LogP) is 6.35. The molecule has 2 fully saturated rings. The van der Waals surface area contributed by atoms with Crippen LogP contribution in [-0.2, 0) is 11.4 Å². The van der Waals surface area contributed by atoms with E-state index in [2.05, 4.69) is 69.3 Å². The Labute approximate surface area is 263 Å². The number of hydrogen-bond acceptors (Lipinski definition) is 8. The number of ketones is 1. The Balaban J connectivity index is 1.17. The summed E-state index contributed by atoms with van der Waals surface area (Å²) < 4.78 is 1.73. The molecule has 1 N–H and O–H groups in total. The minimum Gasteiger partial charge on any atom is -0.368 e. The van der Waals surface area contributed by atoms with Gasteiger partial charge in [-0.2, -0.15) is 4.98 Å². The van der Waals surface area contributed by atoms with Crippen molar-refractivity contribution in [3.05, 3.63) is 81.4 Å². The van der Waals surface area contributed by atoms with Gasteiger partial charge in [0.25, 0.3) is 5.56 Å². The Morgan fingerprint density at radius 1 is 1.00 bits per heavy atom. The van der Waals surface area contributed by atoms with Crippen LogP contribution in [0, 0.1) is 6.92 Å². The lowest BCUT2D eigenvalue weighted by molar-refractivity contribution is 0.101. The van der Waals surface area contributed by atoms with Crippen molar-refractivity contribution < 1.29 is 4.79 Å². The average molecular weight is 614 g/mol. The van der Waals surface area contributed by atoms with E-state index in [1.807, 2.05) is 12.3 Å². The zero-order valence-electron chi connectivity index (χ0n) is 25.9. The molecule has 6 rings (SSSR count). The lowest BCUT2D eigenvalue weighted by Gasteiger charge is -2.45. The largest absolute Gasteiger partial charge is 0.368 e. The summed E-state index contributed by atoms with van der Waals surface area (Å²) >= 11 is 5.99. The number of fused-ring (bicyclic) bond motifs is 1. The molecule has 44 heavy (non-hydrogen) atoms. The molecule has 0 amide bonds. The molecule has 3 aromatic heterocycles. The lowest BCUT2D eigenvalue weighted by Crippen LogP contribution is -2.53. The van der Waals surface area contributed by atoms with E-state index in [1.165, 1.54) is 12.5 Å². The fourth-order valence-corrected chi connectivity index (χ4v) is 6.96. The Morgan fingerprint density at radius 2 is 1.70 bits per heavy atom. The van der Waals surface area contributed by atoms with Gasteiger partial charge in [0.15, 0.2) is 5.78 Å². The second-order valence-electron chi connectivity index (χ2n) is 12.5. The Kier molecular flexibility index (Phi) is 8.44. The Morgan fingerprint density at radius 3 is 2.32 bits per heavy atom. The molecular weight excluding hydrogens is 574 g/mol. The first-order valence-corrected chi connectivity index (χ1v) is 16.0. The highest BCUT2D eigenvalue weighted by molar-refractivity contribution is 6.17. The number of hydrogen-bond donors (Lipinski definition) is 1.